The maximum atomic E-state index is 12.6. The molecule has 0 aliphatic rings. The second-order valence-corrected chi connectivity index (χ2v) is 4.44. The zero-order valence-electron chi connectivity index (χ0n) is 11.5. The number of carbonyl (C=O) groups excluding carboxylic acids is 1. The molecule has 104 valence electrons. The minimum absolute atomic E-state index is 0.165. The largest absolute Gasteiger partial charge is 0.274 e. The third kappa shape index (κ3) is 2.46. The van der Waals surface area contributed by atoms with Gasteiger partial charge in [0.2, 0.25) is 0 Å². The highest BCUT2D eigenvalue weighted by molar-refractivity contribution is 6.08. The van der Waals surface area contributed by atoms with Gasteiger partial charge in [0.1, 0.15) is 6.33 Å². The molecule has 5 heteroatoms. The molecule has 3 rings (SSSR count). The van der Waals surface area contributed by atoms with Gasteiger partial charge >= 0.3 is 0 Å². The van der Waals surface area contributed by atoms with Crippen LogP contribution >= 0.6 is 0 Å². The van der Waals surface area contributed by atoms with Gasteiger partial charge in [-0.25, -0.2) is 20.4 Å². The summed E-state index contributed by atoms with van der Waals surface area (Å²) in [5.41, 5.74) is 4.29. The lowest BCUT2D eigenvalue weighted by molar-refractivity contribution is 0.0976. The second kappa shape index (κ2) is 5.68. The summed E-state index contributed by atoms with van der Waals surface area (Å²) in [7, 11) is 1.69. The lowest BCUT2D eigenvalue weighted by Crippen LogP contribution is -2.41. The Morgan fingerprint density at radius 1 is 1.00 bits per heavy atom. The molecule has 0 aliphatic heterocycles. The zero-order valence-corrected chi connectivity index (χ0v) is 11.5. The summed E-state index contributed by atoms with van der Waals surface area (Å²) < 4.78 is 0. The summed E-state index contributed by atoms with van der Waals surface area (Å²) in [4.78, 5) is 21.1. The zero-order chi connectivity index (χ0) is 14.7. The fraction of sp³-hybridized carbons (Fsp3) is 0.0625. The van der Waals surface area contributed by atoms with E-state index in [-0.39, 0.29) is 5.91 Å². The first-order valence-corrected chi connectivity index (χ1v) is 6.58. The molecule has 0 spiro atoms. The molecule has 0 radical (unpaired) electrons. The van der Waals surface area contributed by atoms with Crippen LogP contribution in [0.15, 0.2) is 60.9 Å². The highest BCUT2D eigenvalue weighted by atomic mass is 16.2. The number of hydrogen-bond acceptors (Lipinski definition) is 4. The molecule has 0 unspecified atom stereocenters. The average Bonchev–Trinajstić information content (AvgIpc) is 2.56. The van der Waals surface area contributed by atoms with E-state index in [9.17, 15) is 4.79 Å². The number of para-hydroxylation sites is 1. The first-order valence-electron chi connectivity index (χ1n) is 6.58. The molecular formula is C16H14N4O. The molecule has 1 N–H and O–H groups in total. The lowest BCUT2D eigenvalue weighted by atomic mass is 10.2. The number of benzene rings is 2. The molecule has 5 nitrogen and oxygen atoms in total. The van der Waals surface area contributed by atoms with Crippen LogP contribution in [0.1, 0.15) is 10.4 Å². The van der Waals surface area contributed by atoms with Gasteiger partial charge in [-0.2, -0.15) is 0 Å². The number of amides is 1. The van der Waals surface area contributed by atoms with Crippen LogP contribution in [0, 0.1) is 0 Å². The van der Waals surface area contributed by atoms with E-state index in [2.05, 4.69) is 15.4 Å². The van der Waals surface area contributed by atoms with Crippen molar-refractivity contribution in [3.05, 3.63) is 66.5 Å². The minimum atomic E-state index is -0.165. The van der Waals surface area contributed by atoms with Crippen LogP contribution < -0.4 is 10.4 Å². The summed E-state index contributed by atoms with van der Waals surface area (Å²) >= 11 is 0. The Kier molecular flexibility index (Phi) is 3.57. The van der Waals surface area contributed by atoms with Crippen molar-refractivity contribution in [3.8, 4) is 0 Å². The molecule has 0 saturated heterocycles. The van der Waals surface area contributed by atoms with E-state index in [0.29, 0.717) is 11.4 Å². The fourth-order valence-electron chi connectivity index (χ4n) is 2.18. The molecule has 0 atom stereocenters. The number of nitrogens with zero attached hydrogens (tertiary/aromatic N) is 3. The van der Waals surface area contributed by atoms with Crippen molar-refractivity contribution < 1.29 is 4.79 Å². The highest BCUT2D eigenvalue weighted by Crippen LogP contribution is 2.22. The van der Waals surface area contributed by atoms with Crippen molar-refractivity contribution in [1.82, 2.24) is 15.4 Å². The van der Waals surface area contributed by atoms with Gasteiger partial charge in [0, 0.05) is 18.0 Å². The topological polar surface area (TPSA) is 58.1 Å². The third-order valence-electron chi connectivity index (χ3n) is 3.18. The molecule has 0 bridgehead atoms. The molecular weight excluding hydrogens is 264 g/mol. The minimum Gasteiger partial charge on any atom is -0.267 e. The van der Waals surface area contributed by atoms with Crippen LogP contribution in [0.5, 0.6) is 0 Å². The van der Waals surface area contributed by atoms with Gasteiger partial charge in [0.25, 0.3) is 5.91 Å². The van der Waals surface area contributed by atoms with Crippen molar-refractivity contribution in [2.75, 3.05) is 12.1 Å². The standard InChI is InChI=1S/C16H14N4O/c1-17-20(16(21)12-7-3-2-4-8-12)15-13-9-5-6-10-14(13)18-11-19-15/h2-11,17H,1H3. The van der Waals surface area contributed by atoms with E-state index in [4.69, 9.17) is 0 Å². The Labute approximate surface area is 122 Å². The number of hydrazine groups is 1. The van der Waals surface area contributed by atoms with Gasteiger partial charge in [-0.1, -0.05) is 30.3 Å². The second-order valence-electron chi connectivity index (χ2n) is 4.44. The van der Waals surface area contributed by atoms with Crippen LogP contribution in [0.3, 0.4) is 0 Å². The van der Waals surface area contributed by atoms with Crippen LogP contribution in [0.2, 0.25) is 0 Å². The monoisotopic (exact) mass is 278 g/mol. The highest BCUT2D eigenvalue weighted by Gasteiger charge is 2.19. The molecule has 0 aliphatic carbocycles. The van der Waals surface area contributed by atoms with E-state index < -0.39 is 0 Å². The van der Waals surface area contributed by atoms with E-state index in [1.807, 2.05) is 42.5 Å². The lowest BCUT2D eigenvalue weighted by Gasteiger charge is -2.21. The van der Waals surface area contributed by atoms with Crippen LogP contribution in [-0.2, 0) is 0 Å². The van der Waals surface area contributed by atoms with Crippen molar-refractivity contribution in [2.24, 2.45) is 0 Å². The predicted molar refractivity (Wildman–Crippen MR) is 81.8 cm³/mol. The van der Waals surface area contributed by atoms with E-state index >= 15 is 0 Å². The van der Waals surface area contributed by atoms with Gasteiger partial charge < -0.3 is 0 Å². The third-order valence-corrected chi connectivity index (χ3v) is 3.18. The maximum absolute atomic E-state index is 12.6. The molecule has 1 aromatic heterocycles. The molecule has 1 heterocycles. The Bertz CT molecular complexity index is 768. The molecule has 0 fully saturated rings. The van der Waals surface area contributed by atoms with Crippen LogP contribution in [-0.4, -0.2) is 22.9 Å². The Balaban J connectivity index is 2.09. The first-order chi connectivity index (χ1) is 10.3. The van der Waals surface area contributed by atoms with Gasteiger partial charge in [0.15, 0.2) is 5.82 Å². The summed E-state index contributed by atoms with van der Waals surface area (Å²) in [6.45, 7) is 0. The van der Waals surface area contributed by atoms with Crippen molar-refractivity contribution >= 4 is 22.6 Å². The van der Waals surface area contributed by atoms with E-state index in [1.54, 1.807) is 19.2 Å². The number of aromatic nitrogens is 2. The Morgan fingerprint density at radius 2 is 1.71 bits per heavy atom. The Hall–Kier alpha value is -2.79. The average molecular weight is 278 g/mol. The Morgan fingerprint density at radius 3 is 2.48 bits per heavy atom. The number of hydrogen-bond donors (Lipinski definition) is 1. The van der Waals surface area contributed by atoms with Gasteiger partial charge in [-0.3, -0.25) is 4.79 Å². The normalized spacial score (nSPS) is 10.5. The molecule has 0 saturated carbocycles. The van der Waals surface area contributed by atoms with E-state index in [1.165, 1.54) is 11.3 Å². The van der Waals surface area contributed by atoms with E-state index in [0.717, 1.165) is 10.9 Å². The smallest absolute Gasteiger partial charge is 0.267 e. The summed E-state index contributed by atoms with van der Waals surface area (Å²) in [5.74, 6) is 0.374. The number of nitrogens with one attached hydrogen (secondary N) is 1. The maximum Gasteiger partial charge on any atom is 0.274 e. The quantitative estimate of drug-likeness (QED) is 0.747. The molecule has 2 aromatic carbocycles. The SMILES string of the molecule is CNN(C(=O)c1ccccc1)c1ncnc2ccccc12. The summed E-state index contributed by atoms with van der Waals surface area (Å²) in [5, 5.41) is 2.25. The molecule has 1 amide bonds. The van der Waals surface area contributed by atoms with Gasteiger partial charge in [0.05, 0.1) is 5.52 Å². The first kappa shape index (κ1) is 13.2. The van der Waals surface area contributed by atoms with Gasteiger partial charge in [-0.05, 0) is 24.3 Å². The fourth-order valence-corrected chi connectivity index (χ4v) is 2.18. The number of rotatable bonds is 3. The number of anilines is 1. The van der Waals surface area contributed by atoms with Crippen LogP contribution in [0.4, 0.5) is 5.82 Å². The molecule has 3 aromatic rings. The van der Waals surface area contributed by atoms with Crippen molar-refractivity contribution in [1.29, 1.82) is 0 Å². The number of carbonyl (C=O) groups is 1. The van der Waals surface area contributed by atoms with Crippen molar-refractivity contribution in [2.45, 2.75) is 0 Å². The summed E-state index contributed by atoms with van der Waals surface area (Å²) in [6.07, 6.45) is 1.46. The number of fused-ring (bicyclic) bond motifs is 1. The summed E-state index contributed by atoms with van der Waals surface area (Å²) in [6, 6.07) is 16.7. The molecule has 21 heavy (non-hydrogen) atoms. The predicted octanol–water partition coefficient (Wildman–Crippen LogP) is 2.41. The van der Waals surface area contributed by atoms with Gasteiger partial charge in [-0.15, -0.1) is 0 Å². The van der Waals surface area contributed by atoms with Crippen molar-refractivity contribution in [3.63, 3.8) is 0 Å². The van der Waals surface area contributed by atoms with Crippen LogP contribution in [0.25, 0.3) is 10.9 Å².